The van der Waals surface area contributed by atoms with E-state index >= 15 is 0 Å². The highest BCUT2D eigenvalue weighted by atomic mass is 16.5. The lowest BCUT2D eigenvalue weighted by atomic mass is 10.1. The fourth-order valence-corrected chi connectivity index (χ4v) is 1.73. The lowest BCUT2D eigenvalue weighted by Gasteiger charge is -2.30. The Morgan fingerprint density at radius 2 is 2.20 bits per heavy atom. The van der Waals surface area contributed by atoms with Gasteiger partial charge in [0.05, 0.1) is 13.2 Å². The van der Waals surface area contributed by atoms with Crippen molar-refractivity contribution in [2.24, 2.45) is 0 Å². The fraction of sp³-hybridized carbons (Fsp3) is 0.900. The van der Waals surface area contributed by atoms with Gasteiger partial charge in [-0.3, -0.25) is 9.69 Å². The van der Waals surface area contributed by atoms with Gasteiger partial charge in [0.2, 0.25) is 5.91 Å². The summed E-state index contributed by atoms with van der Waals surface area (Å²) in [6.07, 6.45) is 1.98. The molecule has 1 amide bonds. The summed E-state index contributed by atoms with van der Waals surface area (Å²) in [5, 5.41) is 11.2. The van der Waals surface area contributed by atoms with E-state index in [-0.39, 0.29) is 12.5 Å². The van der Waals surface area contributed by atoms with E-state index in [9.17, 15) is 4.79 Å². The average molecular weight is 216 g/mol. The van der Waals surface area contributed by atoms with Gasteiger partial charge in [-0.05, 0) is 19.9 Å². The van der Waals surface area contributed by atoms with E-state index in [4.69, 9.17) is 9.84 Å². The molecule has 0 bridgehead atoms. The lowest BCUT2D eigenvalue weighted by molar-refractivity contribution is -0.123. The van der Waals surface area contributed by atoms with Crippen LogP contribution >= 0.6 is 0 Å². The number of carbonyl (C=O) groups excluding carboxylic acids is 1. The maximum absolute atomic E-state index is 11.4. The van der Waals surface area contributed by atoms with E-state index in [1.807, 2.05) is 7.05 Å². The topological polar surface area (TPSA) is 61.8 Å². The van der Waals surface area contributed by atoms with E-state index in [1.165, 1.54) is 0 Å². The summed E-state index contributed by atoms with van der Waals surface area (Å²) in [7, 11) is 1.95. The lowest BCUT2D eigenvalue weighted by Crippen LogP contribution is -2.43. The summed E-state index contributed by atoms with van der Waals surface area (Å²) < 4.78 is 5.26. The molecule has 0 unspecified atom stereocenters. The Hall–Kier alpha value is -0.650. The Labute approximate surface area is 90.4 Å². The molecule has 15 heavy (non-hydrogen) atoms. The van der Waals surface area contributed by atoms with Crippen molar-refractivity contribution in [1.29, 1.82) is 0 Å². The number of likely N-dealkylation sites (N-methyl/N-ethyl adjacent to an activating group) is 1. The quantitative estimate of drug-likeness (QED) is 0.632. The summed E-state index contributed by atoms with van der Waals surface area (Å²) in [4.78, 5) is 13.4. The molecule has 0 atom stereocenters. The second-order valence-corrected chi connectivity index (χ2v) is 3.83. The molecule has 0 saturated carbocycles. The van der Waals surface area contributed by atoms with Crippen LogP contribution in [-0.4, -0.2) is 61.9 Å². The number of ether oxygens (including phenoxy) is 1. The third kappa shape index (κ3) is 4.59. The Balaban J connectivity index is 2.21. The first-order valence-corrected chi connectivity index (χ1v) is 5.39. The highest BCUT2D eigenvalue weighted by molar-refractivity contribution is 5.77. The average Bonchev–Trinajstić information content (AvgIpc) is 2.27. The van der Waals surface area contributed by atoms with Crippen molar-refractivity contribution in [2.45, 2.75) is 18.9 Å². The molecule has 0 aromatic heterocycles. The molecule has 1 heterocycles. The minimum atomic E-state index is -0.0296. The first kappa shape index (κ1) is 12.4. The van der Waals surface area contributed by atoms with E-state index in [0.717, 1.165) is 26.1 Å². The summed E-state index contributed by atoms with van der Waals surface area (Å²) in [5.74, 6) is -0.0296. The predicted octanol–water partition coefficient (Wildman–Crippen LogP) is -0.794. The molecule has 88 valence electrons. The Morgan fingerprint density at radius 1 is 1.53 bits per heavy atom. The van der Waals surface area contributed by atoms with Crippen LogP contribution in [0.4, 0.5) is 0 Å². The second-order valence-electron chi connectivity index (χ2n) is 3.83. The monoisotopic (exact) mass is 216 g/mol. The normalized spacial score (nSPS) is 18.1. The molecular weight excluding hydrogens is 196 g/mol. The number of hydrogen-bond acceptors (Lipinski definition) is 4. The van der Waals surface area contributed by atoms with Gasteiger partial charge in [-0.1, -0.05) is 0 Å². The SMILES string of the molecule is CN(CC(=O)NCCO)C1CCOCC1. The molecule has 5 heteroatoms. The van der Waals surface area contributed by atoms with Gasteiger partial charge in [-0.2, -0.15) is 0 Å². The first-order valence-electron chi connectivity index (χ1n) is 5.39. The number of nitrogens with one attached hydrogen (secondary N) is 1. The molecule has 0 aromatic rings. The van der Waals surface area contributed by atoms with Gasteiger partial charge in [0.15, 0.2) is 0 Å². The number of rotatable bonds is 5. The fourth-order valence-electron chi connectivity index (χ4n) is 1.73. The minimum absolute atomic E-state index is 0.00722. The van der Waals surface area contributed by atoms with Crippen LogP contribution in [0.3, 0.4) is 0 Å². The van der Waals surface area contributed by atoms with Crippen molar-refractivity contribution in [1.82, 2.24) is 10.2 Å². The maximum Gasteiger partial charge on any atom is 0.234 e. The summed E-state index contributed by atoms with van der Waals surface area (Å²) in [6.45, 7) is 2.29. The number of aliphatic hydroxyl groups excluding tert-OH is 1. The molecule has 2 N–H and O–H groups in total. The molecular formula is C10H20N2O3. The van der Waals surface area contributed by atoms with Crippen LogP contribution in [0.25, 0.3) is 0 Å². The predicted molar refractivity (Wildman–Crippen MR) is 56.6 cm³/mol. The molecule has 1 aliphatic heterocycles. The van der Waals surface area contributed by atoms with Gasteiger partial charge < -0.3 is 15.2 Å². The summed E-state index contributed by atoms with van der Waals surface area (Å²) in [5.41, 5.74) is 0. The summed E-state index contributed by atoms with van der Waals surface area (Å²) >= 11 is 0. The van der Waals surface area contributed by atoms with E-state index < -0.39 is 0 Å². The second kappa shape index (κ2) is 6.76. The Kier molecular flexibility index (Phi) is 5.60. The largest absolute Gasteiger partial charge is 0.395 e. The van der Waals surface area contributed by atoms with Gasteiger partial charge in [0, 0.05) is 25.8 Å². The van der Waals surface area contributed by atoms with Crippen LogP contribution in [0.15, 0.2) is 0 Å². The molecule has 0 spiro atoms. The molecule has 1 rings (SSSR count). The third-order valence-electron chi connectivity index (χ3n) is 2.64. The highest BCUT2D eigenvalue weighted by Gasteiger charge is 2.19. The molecule has 1 aliphatic rings. The number of carbonyl (C=O) groups is 1. The maximum atomic E-state index is 11.4. The zero-order chi connectivity index (χ0) is 11.1. The minimum Gasteiger partial charge on any atom is -0.395 e. The van der Waals surface area contributed by atoms with Crippen LogP contribution < -0.4 is 5.32 Å². The number of aliphatic hydroxyl groups is 1. The first-order chi connectivity index (χ1) is 7.24. The number of amides is 1. The molecule has 5 nitrogen and oxygen atoms in total. The third-order valence-corrected chi connectivity index (χ3v) is 2.64. The van der Waals surface area contributed by atoms with Crippen LogP contribution in [-0.2, 0) is 9.53 Å². The Bertz CT molecular complexity index is 193. The molecule has 1 saturated heterocycles. The van der Waals surface area contributed by atoms with Crippen molar-refractivity contribution in [2.75, 3.05) is 40.0 Å². The number of nitrogens with zero attached hydrogens (tertiary/aromatic N) is 1. The summed E-state index contributed by atoms with van der Waals surface area (Å²) in [6, 6.07) is 0.443. The smallest absolute Gasteiger partial charge is 0.234 e. The molecule has 0 radical (unpaired) electrons. The zero-order valence-electron chi connectivity index (χ0n) is 9.24. The van der Waals surface area contributed by atoms with Crippen LogP contribution in [0.5, 0.6) is 0 Å². The Morgan fingerprint density at radius 3 is 2.80 bits per heavy atom. The highest BCUT2D eigenvalue weighted by Crippen LogP contribution is 2.11. The van der Waals surface area contributed by atoms with Gasteiger partial charge in [-0.15, -0.1) is 0 Å². The molecule has 0 aromatic carbocycles. The van der Waals surface area contributed by atoms with Gasteiger partial charge in [-0.25, -0.2) is 0 Å². The molecule has 0 aliphatic carbocycles. The van der Waals surface area contributed by atoms with Crippen molar-refractivity contribution >= 4 is 5.91 Å². The van der Waals surface area contributed by atoms with E-state index in [2.05, 4.69) is 10.2 Å². The molecule has 1 fully saturated rings. The van der Waals surface area contributed by atoms with Crippen molar-refractivity contribution < 1.29 is 14.6 Å². The van der Waals surface area contributed by atoms with Crippen molar-refractivity contribution in [3.63, 3.8) is 0 Å². The van der Waals surface area contributed by atoms with Gasteiger partial charge in [0.1, 0.15) is 0 Å². The zero-order valence-corrected chi connectivity index (χ0v) is 9.24. The van der Waals surface area contributed by atoms with Crippen LogP contribution in [0.1, 0.15) is 12.8 Å². The van der Waals surface area contributed by atoms with Crippen LogP contribution in [0, 0.1) is 0 Å². The number of hydrogen-bond donors (Lipinski definition) is 2. The van der Waals surface area contributed by atoms with Crippen molar-refractivity contribution in [3.05, 3.63) is 0 Å². The van der Waals surface area contributed by atoms with E-state index in [1.54, 1.807) is 0 Å². The van der Waals surface area contributed by atoms with Gasteiger partial charge >= 0.3 is 0 Å². The van der Waals surface area contributed by atoms with Crippen LogP contribution in [0.2, 0.25) is 0 Å². The van der Waals surface area contributed by atoms with Gasteiger partial charge in [0.25, 0.3) is 0 Å². The van der Waals surface area contributed by atoms with Crippen molar-refractivity contribution in [3.8, 4) is 0 Å². The standard InChI is InChI=1S/C10H20N2O3/c1-12(8-10(14)11-4-5-13)9-2-6-15-7-3-9/h9,13H,2-8H2,1H3,(H,11,14). The van der Waals surface area contributed by atoms with E-state index in [0.29, 0.717) is 19.1 Å².